The number of aromatic nitrogens is 2. The maximum absolute atomic E-state index is 8.51. The second-order valence-electron chi connectivity index (χ2n) is 6.11. The zero-order valence-electron chi connectivity index (χ0n) is 15.4. The molecule has 0 saturated carbocycles. The molecule has 3 aromatic rings. The third-order valence-electron chi connectivity index (χ3n) is 4.13. The Kier molecular flexibility index (Phi) is 11.0. The lowest BCUT2D eigenvalue weighted by Gasteiger charge is -2.00. The van der Waals surface area contributed by atoms with E-state index in [9.17, 15) is 0 Å². The van der Waals surface area contributed by atoms with Gasteiger partial charge in [0, 0.05) is 29.8 Å². The van der Waals surface area contributed by atoms with Crippen LogP contribution in [0.2, 0.25) is 0 Å². The molecule has 0 radical (unpaired) electrons. The van der Waals surface area contributed by atoms with Crippen LogP contribution in [-0.2, 0) is 19.5 Å². The highest BCUT2D eigenvalue weighted by atomic mass is 79.9. The SMILES string of the molecule is O/N=C\c1cc[n+](C/C=C/C[n+]2ccc(Cc3ccccc3)cc2)cc1.[Br-].[Br-]. The molecule has 146 valence electrons. The van der Waals surface area contributed by atoms with E-state index in [-0.39, 0.29) is 34.0 Å². The molecule has 0 bridgehead atoms. The number of hydrogen-bond acceptors (Lipinski definition) is 2. The number of halogens is 2. The summed E-state index contributed by atoms with van der Waals surface area (Å²) >= 11 is 0. The second kappa shape index (κ2) is 13.0. The summed E-state index contributed by atoms with van der Waals surface area (Å²) in [5, 5.41) is 11.5. The Hall–Kier alpha value is -2.31. The van der Waals surface area contributed by atoms with Crippen molar-refractivity contribution in [2.75, 3.05) is 0 Å². The highest BCUT2D eigenvalue weighted by molar-refractivity contribution is 5.78. The topological polar surface area (TPSA) is 40.4 Å². The van der Waals surface area contributed by atoms with E-state index in [1.54, 1.807) is 0 Å². The molecule has 0 saturated heterocycles. The number of rotatable bonds is 7. The van der Waals surface area contributed by atoms with E-state index in [1.165, 1.54) is 17.3 Å². The van der Waals surface area contributed by atoms with Gasteiger partial charge in [-0.3, -0.25) is 0 Å². The molecule has 4 nitrogen and oxygen atoms in total. The quantitative estimate of drug-likeness (QED) is 0.120. The largest absolute Gasteiger partial charge is 1.00 e. The number of benzene rings is 1. The first kappa shape index (κ1) is 23.7. The van der Waals surface area contributed by atoms with Gasteiger partial charge in [-0.2, -0.15) is 0 Å². The lowest BCUT2D eigenvalue weighted by Crippen LogP contribution is -3.00. The number of oxime groups is 1. The molecule has 6 heteroatoms. The van der Waals surface area contributed by atoms with Crippen LogP contribution < -0.4 is 43.1 Å². The average Bonchev–Trinajstić information content (AvgIpc) is 2.69. The molecule has 0 aliphatic carbocycles. The van der Waals surface area contributed by atoms with Gasteiger partial charge in [0.1, 0.15) is 0 Å². The Morgan fingerprint density at radius 1 is 0.714 bits per heavy atom. The van der Waals surface area contributed by atoms with Gasteiger partial charge in [0.15, 0.2) is 37.9 Å². The fourth-order valence-electron chi connectivity index (χ4n) is 2.70. The van der Waals surface area contributed by atoms with Gasteiger partial charge in [-0.05, 0) is 29.7 Å². The van der Waals surface area contributed by atoms with Crippen LogP contribution in [0.25, 0.3) is 0 Å². The number of hydrogen-bond donors (Lipinski definition) is 1. The Labute approximate surface area is 187 Å². The predicted molar refractivity (Wildman–Crippen MR) is 101 cm³/mol. The van der Waals surface area contributed by atoms with E-state index in [2.05, 4.69) is 75.2 Å². The predicted octanol–water partition coefficient (Wildman–Crippen LogP) is -3.08. The Morgan fingerprint density at radius 2 is 1.21 bits per heavy atom. The average molecular weight is 505 g/mol. The number of allylic oxidation sites excluding steroid dienone is 2. The molecule has 2 aromatic heterocycles. The van der Waals surface area contributed by atoms with E-state index in [1.807, 2.05) is 30.6 Å². The first-order valence-corrected chi connectivity index (χ1v) is 8.67. The van der Waals surface area contributed by atoms with Crippen molar-refractivity contribution in [1.82, 2.24) is 0 Å². The van der Waals surface area contributed by atoms with Crippen LogP contribution in [0, 0.1) is 0 Å². The zero-order chi connectivity index (χ0) is 18.0. The van der Waals surface area contributed by atoms with E-state index in [0.29, 0.717) is 0 Å². The Bertz CT molecular complexity index is 865. The lowest BCUT2D eigenvalue weighted by molar-refractivity contribution is -0.691. The molecule has 0 fully saturated rings. The summed E-state index contributed by atoms with van der Waals surface area (Å²) in [5.41, 5.74) is 3.52. The molecule has 0 aliphatic heterocycles. The van der Waals surface area contributed by atoms with Crippen LogP contribution in [0.1, 0.15) is 16.7 Å². The molecule has 0 atom stereocenters. The third kappa shape index (κ3) is 7.74. The smallest absolute Gasteiger partial charge is 0.169 e. The molecule has 0 amide bonds. The van der Waals surface area contributed by atoms with Gasteiger partial charge < -0.3 is 39.2 Å². The van der Waals surface area contributed by atoms with Crippen molar-refractivity contribution in [3.8, 4) is 0 Å². The van der Waals surface area contributed by atoms with Gasteiger partial charge in [0.2, 0.25) is 0 Å². The zero-order valence-corrected chi connectivity index (χ0v) is 18.6. The maximum atomic E-state index is 8.51. The first-order chi connectivity index (χ1) is 12.8. The van der Waals surface area contributed by atoms with Crippen molar-refractivity contribution >= 4 is 6.21 Å². The van der Waals surface area contributed by atoms with E-state index >= 15 is 0 Å². The van der Waals surface area contributed by atoms with E-state index in [4.69, 9.17) is 5.21 Å². The molecular weight excluding hydrogens is 482 g/mol. The third-order valence-corrected chi connectivity index (χ3v) is 4.13. The lowest BCUT2D eigenvalue weighted by atomic mass is 10.1. The molecule has 1 aromatic carbocycles. The summed E-state index contributed by atoms with van der Waals surface area (Å²) in [5.74, 6) is 0. The van der Waals surface area contributed by atoms with Crippen molar-refractivity contribution in [2.45, 2.75) is 19.5 Å². The summed E-state index contributed by atoms with van der Waals surface area (Å²) in [6.07, 6.45) is 14.9. The van der Waals surface area contributed by atoms with Crippen molar-refractivity contribution in [3.63, 3.8) is 0 Å². The maximum Gasteiger partial charge on any atom is 0.169 e. The van der Waals surface area contributed by atoms with Gasteiger partial charge in [-0.15, -0.1) is 0 Å². The van der Waals surface area contributed by atoms with Crippen LogP contribution in [-0.4, -0.2) is 11.4 Å². The summed E-state index contributed by atoms with van der Waals surface area (Å²) in [6.45, 7) is 1.66. The molecule has 0 spiro atoms. The fourth-order valence-corrected chi connectivity index (χ4v) is 2.70. The monoisotopic (exact) mass is 503 g/mol. The fraction of sp³-hybridized carbons (Fsp3) is 0.136. The van der Waals surface area contributed by atoms with E-state index < -0.39 is 0 Å². The minimum atomic E-state index is 0. The molecule has 0 unspecified atom stereocenters. The minimum Gasteiger partial charge on any atom is -1.00 e. The van der Waals surface area contributed by atoms with Gasteiger partial charge in [-0.25, -0.2) is 9.13 Å². The highest BCUT2D eigenvalue weighted by Crippen LogP contribution is 2.07. The van der Waals surface area contributed by atoms with E-state index in [0.717, 1.165) is 25.1 Å². The second-order valence-corrected chi connectivity index (χ2v) is 6.11. The number of pyridine rings is 2. The molecule has 2 heterocycles. The minimum absolute atomic E-state index is 0. The van der Waals surface area contributed by atoms with Gasteiger partial charge in [0.25, 0.3) is 0 Å². The standard InChI is InChI=1S/C22H22N3O.2BrH/c26-23-19-22-10-16-25(17-11-22)13-5-4-12-24-14-8-21(9-15-24)18-20-6-2-1-3-7-20;;/h1-11,14-17,19H,12-13,18H2;2*1H/q+1;;/p-1/b5-4+;;. The summed E-state index contributed by atoms with van der Waals surface area (Å²) in [6, 6.07) is 18.7. The van der Waals surface area contributed by atoms with Crippen molar-refractivity contribution in [1.29, 1.82) is 0 Å². The molecule has 0 aliphatic rings. The first-order valence-electron chi connectivity index (χ1n) is 8.67. The Balaban J connectivity index is 0.00000196. The molecule has 28 heavy (non-hydrogen) atoms. The highest BCUT2D eigenvalue weighted by Gasteiger charge is 2.01. The molecular formula is C22H23Br2N3O. The molecule has 3 rings (SSSR count). The van der Waals surface area contributed by atoms with Crippen LogP contribution in [0.4, 0.5) is 0 Å². The number of nitrogens with zero attached hydrogens (tertiary/aromatic N) is 3. The molecule has 1 N–H and O–H groups in total. The summed E-state index contributed by atoms with van der Waals surface area (Å²) in [4.78, 5) is 0. The Morgan fingerprint density at radius 3 is 1.75 bits per heavy atom. The van der Waals surface area contributed by atoms with Crippen LogP contribution in [0.5, 0.6) is 0 Å². The van der Waals surface area contributed by atoms with Gasteiger partial charge in [0.05, 0.1) is 6.21 Å². The van der Waals surface area contributed by atoms with Crippen LogP contribution in [0.15, 0.2) is 96.7 Å². The van der Waals surface area contributed by atoms with Crippen molar-refractivity contribution < 1.29 is 48.3 Å². The van der Waals surface area contributed by atoms with Gasteiger partial charge >= 0.3 is 0 Å². The van der Waals surface area contributed by atoms with Crippen LogP contribution >= 0.6 is 0 Å². The summed E-state index contributed by atoms with van der Waals surface area (Å²) in [7, 11) is 0. The normalized spacial score (nSPS) is 10.6. The summed E-state index contributed by atoms with van der Waals surface area (Å²) < 4.78 is 4.23. The van der Waals surface area contributed by atoms with Gasteiger partial charge in [-0.1, -0.05) is 35.5 Å². The van der Waals surface area contributed by atoms with Crippen molar-refractivity contribution in [3.05, 3.63) is 108 Å². The van der Waals surface area contributed by atoms with Crippen molar-refractivity contribution in [2.24, 2.45) is 5.16 Å². The van der Waals surface area contributed by atoms with Crippen LogP contribution in [0.3, 0.4) is 0 Å².